The zero-order chi connectivity index (χ0) is 24.3. The summed E-state index contributed by atoms with van der Waals surface area (Å²) in [6, 6.07) is 14.4. The van der Waals surface area contributed by atoms with Crippen LogP contribution in [0.1, 0.15) is 72.9 Å². The number of carbonyl (C=O) groups is 1. The number of rotatable bonds is 6. The van der Waals surface area contributed by atoms with E-state index in [2.05, 4.69) is 35.0 Å². The summed E-state index contributed by atoms with van der Waals surface area (Å²) in [6.45, 7) is 0. The van der Waals surface area contributed by atoms with Gasteiger partial charge in [-0.15, -0.1) is 0 Å². The lowest BCUT2D eigenvalue weighted by Gasteiger charge is -2.57. The Morgan fingerprint density at radius 3 is 2.31 bits per heavy atom. The minimum absolute atomic E-state index is 0.170. The molecule has 4 fully saturated rings. The molecule has 0 aliphatic heterocycles. The van der Waals surface area contributed by atoms with Crippen LogP contribution in [0.15, 0.2) is 53.8 Å². The van der Waals surface area contributed by atoms with Gasteiger partial charge in [0.25, 0.3) is 0 Å². The fourth-order valence-corrected chi connectivity index (χ4v) is 9.15. The maximum Gasteiger partial charge on any atom is 0.173 e. The molecular weight excluding hydrogens is 484 g/mol. The monoisotopic (exact) mass is 516 g/mol. The van der Waals surface area contributed by atoms with Gasteiger partial charge in [0.1, 0.15) is 0 Å². The Labute approximate surface area is 223 Å². The number of nitrogens with zero attached hydrogens (tertiary/aromatic N) is 2. The summed E-state index contributed by atoms with van der Waals surface area (Å²) >= 11 is 7.80. The fraction of sp³-hybridized carbons (Fsp3) is 0.484. The van der Waals surface area contributed by atoms with Crippen molar-refractivity contribution < 1.29 is 4.79 Å². The molecule has 5 aliphatic rings. The number of hydrogen-bond donors (Lipinski definition) is 0. The SMILES string of the molecule is O=C(CSc1nc(-c2ccc(Cl)cc2)cn1C12CC3CC(CC(C3)C1)C2)c1ccc2c(c1)CCCC2. The molecule has 4 bridgehead atoms. The van der Waals surface area contributed by atoms with E-state index in [0.717, 1.165) is 57.6 Å². The van der Waals surface area contributed by atoms with Crippen molar-refractivity contribution in [2.75, 3.05) is 5.75 Å². The van der Waals surface area contributed by atoms with Crippen molar-refractivity contribution in [3.05, 3.63) is 70.4 Å². The topological polar surface area (TPSA) is 34.9 Å². The van der Waals surface area contributed by atoms with Crippen molar-refractivity contribution in [3.8, 4) is 11.3 Å². The summed E-state index contributed by atoms with van der Waals surface area (Å²) in [4.78, 5) is 18.4. The number of Topliss-reactive ketones (excluding diaryl/α,β-unsaturated/α-hetero) is 1. The molecule has 1 heterocycles. The van der Waals surface area contributed by atoms with E-state index >= 15 is 0 Å². The molecule has 3 nitrogen and oxygen atoms in total. The highest BCUT2D eigenvalue weighted by molar-refractivity contribution is 7.99. The predicted octanol–water partition coefficient (Wildman–Crippen LogP) is 7.98. The third kappa shape index (κ3) is 4.15. The quantitative estimate of drug-likeness (QED) is 0.246. The summed E-state index contributed by atoms with van der Waals surface area (Å²) in [5.74, 6) is 3.21. The molecule has 5 heteroatoms. The van der Waals surface area contributed by atoms with Gasteiger partial charge in [-0.25, -0.2) is 4.98 Å². The average Bonchev–Trinajstić information content (AvgIpc) is 3.32. The van der Waals surface area contributed by atoms with Crippen LogP contribution in [0.3, 0.4) is 0 Å². The van der Waals surface area contributed by atoms with Crippen LogP contribution in [0.2, 0.25) is 5.02 Å². The molecule has 0 spiro atoms. The minimum Gasteiger partial charge on any atom is -0.319 e. The largest absolute Gasteiger partial charge is 0.319 e. The van der Waals surface area contributed by atoms with E-state index in [-0.39, 0.29) is 11.3 Å². The number of halogens is 1. The average molecular weight is 517 g/mol. The normalized spacial score (nSPS) is 28.3. The number of hydrogen-bond acceptors (Lipinski definition) is 3. The van der Waals surface area contributed by atoms with Gasteiger partial charge in [0.05, 0.1) is 11.4 Å². The van der Waals surface area contributed by atoms with Gasteiger partial charge in [-0.1, -0.05) is 47.6 Å². The number of imidazole rings is 1. The molecule has 5 aliphatic carbocycles. The first-order valence-electron chi connectivity index (χ1n) is 13.7. The Morgan fingerprint density at radius 2 is 1.61 bits per heavy atom. The standard InChI is InChI=1S/C31H33ClN2OS/c32-27-9-7-24(8-10-27)28-18-34(31-15-20-11-21(16-31)13-22(12-20)17-31)30(33-28)36-19-29(35)26-6-5-23-3-1-2-4-25(23)14-26/h5-10,14,18,20-22H,1-4,11-13,15-17,19H2. The van der Waals surface area contributed by atoms with Crippen LogP contribution >= 0.6 is 23.4 Å². The van der Waals surface area contributed by atoms with E-state index in [1.165, 1.54) is 62.5 Å². The highest BCUT2D eigenvalue weighted by Gasteiger charge is 2.52. The third-order valence-electron chi connectivity index (χ3n) is 9.33. The van der Waals surface area contributed by atoms with Gasteiger partial charge in [-0.2, -0.15) is 0 Å². The second-order valence-corrected chi connectivity index (χ2v) is 13.2. The molecule has 0 saturated heterocycles. The van der Waals surface area contributed by atoms with E-state index in [1.807, 2.05) is 18.2 Å². The lowest BCUT2D eigenvalue weighted by Crippen LogP contribution is -2.51. The highest BCUT2D eigenvalue weighted by Crippen LogP contribution is 2.59. The van der Waals surface area contributed by atoms with Crippen molar-refractivity contribution >= 4 is 29.1 Å². The second-order valence-electron chi connectivity index (χ2n) is 11.8. The molecule has 3 aromatic rings. The zero-order valence-electron chi connectivity index (χ0n) is 20.7. The number of aryl methyl sites for hydroxylation is 2. The third-order valence-corrected chi connectivity index (χ3v) is 10.5. The van der Waals surface area contributed by atoms with Gasteiger partial charge < -0.3 is 4.57 Å². The number of fused-ring (bicyclic) bond motifs is 1. The van der Waals surface area contributed by atoms with Gasteiger partial charge in [0.15, 0.2) is 10.9 Å². The van der Waals surface area contributed by atoms with E-state index in [0.29, 0.717) is 5.75 Å². The Hall–Kier alpha value is -2.04. The maximum atomic E-state index is 13.3. The smallest absolute Gasteiger partial charge is 0.173 e. The van der Waals surface area contributed by atoms with E-state index in [1.54, 1.807) is 11.8 Å². The van der Waals surface area contributed by atoms with Crippen molar-refractivity contribution in [3.63, 3.8) is 0 Å². The van der Waals surface area contributed by atoms with Crippen LogP contribution in [-0.4, -0.2) is 21.1 Å². The fourth-order valence-electron chi connectivity index (χ4n) is 8.04. The van der Waals surface area contributed by atoms with Crippen LogP contribution in [-0.2, 0) is 18.4 Å². The van der Waals surface area contributed by atoms with Gasteiger partial charge in [0, 0.05) is 27.9 Å². The van der Waals surface area contributed by atoms with Crippen molar-refractivity contribution in [2.24, 2.45) is 17.8 Å². The van der Waals surface area contributed by atoms with Crippen LogP contribution in [0.4, 0.5) is 0 Å². The summed E-state index contributed by atoms with van der Waals surface area (Å²) in [5.41, 5.74) is 5.90. The summed E-state index contributed by atoms with van der Waals surface area (Å²) in [7, 11) is 0. The molecule has 0 radical (unpaired) electrons. The van der Waals surface area contributed by atoms with Gasteiger partial charge in [0.2, 0.25) is 0 Å². The molecule has 4 saturated carbocycles. The molecule has 0 atom stereocenters. The lowest BCUT2D eigenvalue weighted by molar-refractivity contribution is -0.0472. The van der Waals surface area contributed by atoms with Crippen molar-refractivity contribution in [1.82, 2.24) is 9.55 Å². The Bertz CT molecular complexity index is 1280. The molecular formula is C31H33ClN2OS. The molecule has 2 aromatic carbocycles. The second kappa shape index (κ2) is 9.06. The van der Waals surface area contributed by atoms with Crippen LogP contribution in [0.25, 0.3) is 11.3 Å². The minimum atomic E-state index is 0.170. The number of thioether (sulfide) groups is 1. The van der Waals surface area contributed by atoms with Crippen LogP contribution in [0, 0.1) is 17.8 Å². The molecule has 0 N–H and O–H groups in total. The molecule has 186 valence electrons. The molecule has 0 amide bonds. The van der Waals surface area contributed by atoms with Crippen LogP contribution < -0.4 is 0 Å². The van der Waals surface area contributed by atoms with Gasteiger partial charge >= 0.3 is 0 Å². The number of ketones is 1. The summed E-state index contributed by atoms with van der Waals surface area (Å²) < 4.78 is 2.51. The van der Waals surface area contributed by atoms with Crippen molar-refractivity contribution in [2.45, 2.75) is 74.9 Å². The Balaban J connectivity index is 1.19. The molecule has 36 heavy (non-hydrogen) atoms. The first kappa shape index (κ1) is 23.1. The Morgan fingerprint density at radius 1 is 0.944 bits per heavy atom. The van der Waals surface area contributed by atoms with E-state index in [4.69, 9.17) is 16.6 Å². The number of benzene rings is 2. The lowest BCUT2D eigenvalue weighted by atomic mass is 9.53. The predicted molar refractivity (Wildman–Crippen MR) is 147 cm³/mol. The zero-order valence-corrected chi connectivity index (χ0v) is 22.3. The summed E-state index contributed by atoms with van der Waals surface area (Å²) in [5, 5.41) is 1.75. The molecule has 0 unspecified atom stereocenters. The van der Waals surface area contributed by atoms with Crippen molar-refractivity contribution in [1.29, 1.82) is 0 Å². The highest BCUT2D eigenvalue weighted by atomic mass is 35.5. The number of aromatic nitrogens is 2. The molecule has 1 aromatic heterocycles. The van der Waals surface area contributed by atoms with E-state index < -0.39 is 0 Å². The van der Waals surface area contributed by atoms with Gasteiger partial charge in [-0.05, 0) is 111 Å². The molecule has 8 rings (SSSR count). The van der Waals surface area contributed by atoms with Crippen LogP contribution in [0.5, 0.6) is 0 Å². The van der Waals surface area contributed by atoms with Gasteiger partial charge in [-0.3, -0.25) is 4.79 Å². The maximum absolute atomic E-state index is 13.3. The van der Waals surface area contributed by atoms with E-state index in [9.17, 15) is 4.79 Å². The first-order valence-corrected chi connectivity index (χ1v) is 15.0. The summed E-state index contributed by atoms with van der Waals surface area (Å²) in [6.07, 6.45) is 15.1. The Kier molecular flexibility index (Phi) is 5.81. The first-order chi connectivity index (χ1) is 17.5. The number of carbonyl (C=O) groups excluding carboxylic acids is 1.